The molecule has 4 heteroatoms. The minimum absolute atomic E-state index is 0.790. The third kappa shape index (κ3) is 1.52. The Morgan fingerprint density at radius 3 is 2.80 bits per heavy atom. The molecular formula is C6H8N2S2. The van der Waals surface area contributed by atoms with Crippen LogP contribution < -0.4 is 0 Å². The smallest absolute Gasteiger partial charge is 0.160 e. The molecule has 0 aliphatic carbocycles. The number of nitrogens with zero attached hydrogens (tertiary/aromatic N) is 1. The average Bonchev–Trinajstić information content (AvgIpc) is 2.13. The Bertz CT molecular complexity index is 295. The Labute approximate surface area is 68.6 Å². The molecule has 1 N–H and O–H groups in total. The van der Waals surface area contributed by atoms with Crippen LogP contribution in [-0.4, -0.2) is 11.2 Å². The number of aryl methyl sites for hydroxylation is 1. The van der Waals surface area contributed by atoms with Crippen LogP contribution in [-0.2, 0) is 0 Å². The van der Waals surface area contributed by atoms with E-state index in [0.29, 0.717) is 0 Å². The molecule has 10 heavy (non-hydrogen) atoms. The average molecular weight is 172 g/mol. The van der Waals surface area contributed by atoms with E-state index in [1.807, 2.05) is 13.8 Å². The van der Waals surface area contributed by atoms with Crippen molar-refractivity contribution in [2.24, 2.45) is 4.99 Å². The van der Waals surface area contributed by atoms with Crippen molar-refractivity contribution in [3.8, 4) is 0 Å². The monoisotopic (exact) mass is 172 g/mol. The summed E-state index contributed by atoms with van der Waals surface area (Å²) in [6, 6.07) is 0. The highest BCUT2D eigenvalue weighted by molar-refractivity contribution is 7.73. The Hall–Kier alpha value is -0.480. The van der Waals surface area contributed by atoms with Gasteiger partial charge in [-0.05, 0) is 26.1 Å². The van der Waals surface area contributed by atoms with Crippen molar-refractivity contribution in [1.29, 1.82) is 0 Å². The van der Waals surface area contributed by atoms with Gasteiger partial charge in [-0.2, -0.15) is 0 Å². The predicted molar refractivity (Wildman–Crippen MR) is 48.1 cm³/mol. The lowest BCUT2D eigenvalue weighted by atomic mass is 10.5. The molecule has 0 saturated carbocycles. The molecule has 0 spiro atoms. The summed E-state index contributed by atoms with van der Waals surface area (Å²) in [7, 11) is 0. The van der Waals surface area contributed by atoms with Gasteiger partial charge in [-0.15, -0.1) is 0 Å². The summed E-state index contributed by atoms with van der Waals surface area (Å²) in [5.41, 5.74) is 1.05. The van der Waals surface area contributed by atoms with E-state index in [2.05, 4.69) is 9.98 Å². The zero-order valence-corrected chi connectivity index (χ0v) is 7.47. The van der Waals surface area contributed by atoms with E-state index in [1.54, 1.807) is 6.21 Å². The first kappa shape index (κ1) is 7.63. The van der Waals surface area contributed by atoms with Gasteiger partial charge in [-0.1, -0.05) is 11.3 Å². The fourth-order valence-electron chi connectivity index (χ4n) is 0.637. The van der Waals surface area contributed by atoms with E-state index < -0.39 is 0 Å². The first-order chi connectivity index (χ1) is 4.74. The van der Waals surface area contributed by atoms with E-state index >= 15 is 0 Å². The van der Waals surface area contributed by atoms with E-state index in [9.17, 15) is 0 Å². The van der Waals surface area contributed by atoms with Gasteiger partial charge >= 0.3 is 0 Å². The van der Waals surface area contributed by atoms with Gasteiger partial charge in [0.1, 0.15) is 5.00 Å². The van der Waals surface area contributed by atoms with Crippen molar-refractivity contribution in [1.82, 2.24) is 4.98 Å². The second-order valence-corrected chi connectivity index (χ2v) is 3.50. The fraction of sp³-hybridized carbons (Fsp3) is 0.333. The van der Waals surface area contributed by atoms with Crippen LogP contribution >= 0.6 is 23.6 Å². The van der Waals surface area contributed by atoms with Crippen LogP contribution in [0.3, 0.4) is 0 Å². The standard InChI is InChI=1S/C6H8N2S2/c1-3-7-5-4(2)8-6(9)10-5/h3H,1-2H3,(H,8,9)/b7-3+. The number of nitrogens with one attached hydrogen (secondary N) is 1. The van der Waals surface area contributed by atoms with Crippen molar-refractivity contribution < 1.29 is 0 Å². The number of H-pyrrole nitrogens is 1. The third-order valence-corrected chi connectivity index (χ3v) is 2.29. The van der Waals surface area contributed by atoms with Gasteiger partial charge in [-0.3, -0.25) is 0 Å². The summed E-state index contributed by atoms with van der Waals surface area (Å²) in [4.78, 5) is 7.13. The van der Waals surface area contributed by atoms with Crippen LogP contribution in [0.2, 0.25) is 0 Å². The number of thiazole rings is 1. The zero-order valence-electron chi connectivity index (χ0n) is 5.84. The largest absolute Gasteiger partial charge is 0.339 e. The number of aromatic amines is 1. The molecule has 0 bridgehead atoms. The van der Waals surface area contributed by atoms with E-state index in [0.717, 1.165) is 14.6 Å². The predicted octanol–water partition coefficient (Wildman–Crippen LogP) is 2.84. The topological polar surface area (TPSA) is 28.1 Å². The number of aromatic nitrogens is 1. The molecule has 2 nitrogen and oxygen atoms in total. The highest BCUT2D eigenvalue weighted by atomic mass is 32.1. The number of rotatable bonds is 1. The van der Waals surface area contributed by atoms with E-state index in [4.69, 9.17) is 12.2 Å². The summed E-state index contributed by atoms with van der Waals surface area (Å²) >= 11 is 6.42. The molecule has 1 heterocycles. The van der Waals surface area contributed by atoms with Crippen molar-refractivity contribution in [3.63, 3.8) is 0 Å². The van der Waals surface area contributed by atoms with Crippen LogP contribution in [0.4, 0.5) is 5.00 Å². The summed E-state index contributed by atoms with van der Waals surface area (Å²) in [5.74, 6) is 0. The molecule has 0 amide bonds. The highest BCUT2D eigenvalue weighted by Crippen LogP contribution is 2.23. The maximum Gasteiger partial charge on any atom is 0.160 e. The Kier molecular flexibility index (Phi) is 2.34. The normalized spacial score (nSPS) is 11.0. The lowest BCUT2D eigenvalue weighted by molar-refractivity contribution is 1.24. The second-order valence-electron chi connectivity index (χ2n) is 1.83. The molecule has 0 fully saturated rings. The lowest BCUT2D eigenvalue weighted by Gasteiger charge is -1.83. The van der Waals surface area contributed by atoms with E-state index in [-0.39, 0.29) is 0 Å². The maximum atomic E-state index is 4.92. The molecule has 0 aliphatic heterocycles. The molecule has 0 radical (unpaired) electrons. The summed E-state index contributed by atoms with van der Waals surface area (Å²) < 4.78 is 0.790. The van der Waals surface area contributed by atoms with Gasteiger partial charge in [-0.25, -0.2) is 4.99 Å². The van der Waals surface area contributed by atoms with Crippen LogP contribution in [0.25, 0.3) is 0 Å². The molecule has 0 atom stereocenters. The van der Waals surface area contributed by atoms with Crippen LogP contribution in [0.1, 0.15) is 12.6 Å². The number of hydrogen-bond donors (Lipinski definition) is 1. The summed E-state index contributed by atoms with van der Waals surface area (Å²) in [6.45, 7) is 3.86. The van der Waals surface area contributed by atoms with Crippen LogP contribution in [0, 0.1) is 10.9 Å². The van der Waals surface area contributed by atoms with Crippen molar-refractivity contribution in [2.45, 2.75) is 13.8 Å². The van der Waals surface area contributed by atoms with Gasteiger partial charge in [0, 0.05) is 11.9 Å². The fourth-order valence-corrected chi connectivity index (χ4v) is 1.77. The molecular weight excluding hydrogens is 164 g/mol. The first-order valence-corrected chi connectivity index (χ1v) is 4.15. The first-order valence-electron chi connectivity index (χ1n) is 2.92. The SMILES string of the molecule is C/C=N/c1sc(=S)[nH]c1C. The Balaban J connectivity index is 3.15. The Morgan fingerprint density at radius 2 is 2.40 bits per heavy atom. The highest BCUT2D eigenvalue weighted by Gasteiger charge is 1.96. The van der Waals surface area contributed by atoms with Gasteiger partial charge in [0.05, 0.1) is 0 Å². The quantitative estimate of drug-likeness (QED) is 0.512. The molecule has 1 rings (SSSR count). The summed E-state index contributed by atoms with van der Waals surface area (Å²) in [6.07, 6.45) is 1.77. The van der Waals surface area contributed by atoms with Crippen LogP contribution in [0.15, 0.2) is 4.99 Å². The third-order valence-electron chi connectivity index (χ3n) is 1.05. The van der Waals surface area contributed by atoms with Gasteiger partial charge in [0.2, 0.25) is 0 Å². The number of aliphatic imine (C=N–C) groups is 1. The zero-order chi connectivity index (χ0) is 7.56. The molecule has 0 aromatic carbocycles. The van der Waals surface area contributed by atoms with Gasteiger partial charge < -0.3 is 4.98 Å². The minimum Gasteiger partial charge on any atom is -0.339 e. The van der Waals surface area contributed by atoms with Crippen molar-refractivity contribution in [2.75, 3.05) is 0 Å². The minimum atomic E-state index is 0.790. The second kappa shape index (κ2) is 3.07. The maximum absolute atomic E-state index is 4.92. The molecule has 0 aliphatic rings. The van der Waals surface area contributed by atoms with Crippen molar-refractivity contribution in [3.05, 3.63) is 9.65 Å². The van der Waals surface area contributed by atoms with Crippen LogP contribution in [0.5, 0.6) is 0 Å². The molecule has 54 valence electrons. The molecule has 0 saturated heterocycles. The molecule has 1 aromatic heterocycles. The number of hydrogen-bond acceptors (Lipinski definition) is 3. The lowest BCUT2D eigenvalue weighted by Crippen LogP contribution is -1.67. The van der Waals surface area contributed by atoms with E-state index in [1.165, 1.54) is 11.3 Å². The van der Waals surface area contributed by atoms with Gasteiger partial charge in [0.25, 0.3) is 0 Å². The van der Waals surface area contributed by atoms with Gasteiger partial charge in [0.15, 0.2) is 3.95 Å². The molecule has 0 unspecified atom stereocenters. The Morgan fingerprint density at radius 1 is 1.70 bits per heavy atom. The van der Waals surface area contributed by atoms with Crippen molar-refractivity contribution >= 4 is 34.8 Å². The molecule has 1 aromatic rings. The summed E-state index contributed by atoms with van der Waals surface area (Å²) in [5, 5.41) is 0.979.